The molecule has 0 bridgehead atoms. The van der Waals surface area contributed by atoms with E-state index in [1.807, 2.05) is 22.9 Å². The number of aliphatic hydroxyl groups excluding tert-OH is 1. The van der Waals surface area contributed by atoms with Crippen molar-refractivity contribution >= 4 is 31.9 Å². The zero-order valence-electron chi connectivity index (χ0n) is 10.6. The van der Waals surface area contributed by atoms with Gasteiger partial charge < -0.3 is 5.11 Å². The topological polar surface area (TPSA) is 50.9 Å². The summed E-state index contributed by atoms with van der Waals surface area (Å²) in [5.41, 5.74) is 0.848. The van der Waals surface area contributed by atoms with E-state index in [0.717, 1.165) is 33.3 Å². The molecule has 0 aliphatic rings. The standard InChI is InChI=1S/C13H15Br2N3O/c1-2-5-18-13(16-8-17-18)7-12(19)10-6-9(14)3-4-11(10)15/h3-4,6,8,12,19H,2,5,7H2,1H3. The molecule has 0 aliphatic carbocycles. The molecule has 2 rings (SSSR count). The molecule has 0 aliphatic heterocycles. The van der Waals surface area contributed by atoms with E-state index in [-0.39, 0.29) is 0 Å². The molecular weight excluding hydrogens is 374 g/mol. The third-order valence-corrected chi connectivity index (χ3v) is 4.04. The zero-order chi connectivity index (χ0) is 13.8. The summed E-state index contributed by atoms with van der Waals surface area (Å²) >= 11 is 6.88. The summed E-state index contributed by atoms with van der Waals surface area (Å²) in [5, 5.41) is 14.5. The van der Waals surface area contributed by atoms with E-state index in [4.69, 9.17) is 0 Å². The molecule has 1 aromatic carbocycles. The Kier molecular flexibility index (Phi) is 5.13. The van der Waals surface area contributed by atoms with Crippen molar-refractivity contribution < 1.29 is 5.11 Å². The van der Waals surface area contributed by atoms with Gasteiger partial charge in [-0.3, -0.25) is 4.68 Å². The number of nitrogens with zero attached hydrogens (tertiary/aromatic N) is 3. The molecule has 0 fully saturated rings. The van der Waals surface area contributed by atoms with Gasteiger partial charge in [0.05, 0.1) is 6.10 Å². The molecule has 1 atom stereocenters. The van der Waals surface area contributed by atoms with Gasteiger partial charge in [-0.05, 0) is 30.2 Å². The van der Waals surface area contributed by atoms with Gasteiger partial charge in [0.25, 0.3) is 0 Å². The van der Waals surface area contributed by atoms with Crippen LogP contribution < -0.4 is 0 Å². The van der Waals surface area contributed by atoms with Gasteiger partial charge in [0.15, 0.2) is 0 Å². The molecule has 1 N–H and O–H groups in total. The lowest BCUT2D eigenvalue weighted by molar-refractivity contribution is 0.173. The molecular formula is C13H15Br2N3O. The number of benzene rings is 1. The van der Waals surface area contributed by atoms with Gasteiger partial charge in [-0.15, -0.1) is 0 Å². The number of aliphatic hydroxyl groups is 1. The van der Waals surface area contributed by atoms with Crippen molar-refractivity contribution in [2.24, 2.45) is 0 Å². The number of aryl methyl sites for hydroxylation is 1. The van der Waals surface area contributed by atoms with Crippen LogP contribution >= 0.6 is 31.9 Å². The molecule has 0 saturated heterocycles. The van der Waals surface area contributed by atoms with E-state index in [2.05, 4.69) is 48.9 Å². The molecule has 1 heterocycles. The van der Waals surface area contributed by atoms with Gasteiger partial charge >= 0.3 is 0 Å². The second-order valence-electron chi connectivity index (χ2n) is 4.29. The minimum absolute atomic E-state index is 0.453. The van der Waals surface area contributed by atoms with Crippen LogP contribution in [-0.4, -0.2) is 19.9 Å². The molecule has 1 aromatic heterocycles. The average Bonchev–Trinajstić information content (AvgIpc) is 2.80. The van der Waals surface area contributed by atoms with E-state index >= 15 is 0 Å². The number of aromatic nitrogens is 3. The van der Waals surface area contributed by atoms with Gasteiger partial charge in [-0.25, -0.2) is 4.98 Å². The third kappa shape index (κ3) is 3.64. The first kappa shape index (κ1) is 14.7. The Bertz CT molecular complexity index is 557. The summed E-state index contributed by atoms with van der Waals surface area (Å²) in [7, 11) is 0. The first-order valence-electron chi connectivity index (χ1n) is 6.11. The Labute approximate surface area is 129 Å². The Morgan fingerprint density at radius 3 is 2.89 bits per heavy atom. The van der Waals surface area contributed by atoms with Gasteiger partial charge in [0.2, 0.25) is 0 Å². The first-order chi connectivity index (χ1) is 9.11. The van der Waals surface area contributed by atoms with E-state index in [9.17, 15) is 5.11 Å². The van der Waals surface area contributed by atoms with Gasteiger partial charge in [-0.1, -0.05) is 38.8 Å². The highest BCUT2D eigenvalue weighted by molar-refractivity contribution is 9.11. The van der Waals surface area contributed by atoms with Crippen LogP contribution in [0, 0.1) is 0 Å². The maximum absolute atomic E-state index is 10.4. The van der Waals surface area contributed by atoms with E-state index < -0.39 is 6.10 Å². The van der Waals surface area contributed by atoms with Crippen LogP contribution in [0.15, 0.2) is 33.5 Å². The fraction of sp³-hybridized carbons (Fsp3) is 0.385. The fourth-order valence-electron chi connectivity index (χ4n) is 1.90. The quantitative estimate of drug-likeness (QED) is 0.852. The molecule has 0 saturated carbocycles. The van der Waals surface area contributed by atoms with Crippen LogP contribution in [0.5, 0.6) is 0 Å². The summed E-state index contributed by atoms with van der Waals surface area (Å²) in [4.78, 5) is 4.22. The van der Waals surface area contributed by atoms with Crippen LogP contribution in [-0.2, 0) is 13.0 Å². The number of hydrogen-bond acceptors (Lipinski definition) is 3. The minimum atomic E-state index is -0.605. The van der Waals surface area contributed by atoms with Crippen LogP contribution in [0.25, 0.3) is 0 Å². The molecule has 19 heavy (non-hydrogen) atoms. The van der Waals surface area contributed by atoms with E-state index in [0.29, 0.717) is 6.42 Å². The third-order valence-electron chi connectivity index (χ3n) is 2.82. The lowest BCUT2D eigenvalue weighted by Gasteiger charge is -2.13. The van der Waals surface area contributed by atoms with Gasteiger partial charge in [0, 0.05) is 21.9 Å². The Hall–Kier alpha value is -0.720. The largest absolute Gasteiger partial charge is 0.388 e. The normalized spacial score (nSPS) is 12.6. The molecule has 6 heteroatoms. The van der Waals surface area contributed by atoms with Crippen LogP contribution in [0.1, 0.15) is 30.8 Å². The van der Waals surface area contributed by atoms with Crippen molar-refractivity contribution in [1.82, 2.24) is 14.8 Å². The lowest BCUT2D eigenvalue weighted by Crippen LogP contribution is -2.10. The average molecular weight is 389 g/mol. The van der Waals surface area contributed by atoms with Crippen molar-refractivity contribution in [1.29, 1.82) is 0 Å². The Morgan fingerprint density at radius 1 is 1.37 bits per heavy atom. The molecule has 4 nitrogen and oxygen atoms in total. The van der Waals surface area contributed by atoms with Crippen molar-refractivity contribution in [3.63, 3.8) is 0 Å². The SMILES string of the molecule is CCCn1ncnc1CC(O)c1cc(Br)ccc1Br. The maximum atomic E-state index is 10.4. The number of halogens is 2. The highest BCUT2D eigenvalue weighted by atomic mass is 79.9. The highest BCUT2D eigenvalue weighted by Gasteiger charge is 2.16. The first-order valence-corrected chi connectivity index (χ1v) is 7.70. The predicted octanol–water partition coefficient (Wildman–Crippen LogP) is 3.49. The summed E-state index contributed by atoms with van der Waals surface area (Å²) in [6.45, 7) is 2.91. The molecule has 0 spiro atoms. The smallest absolute Gasteiger partial charge is 0.138 e. The summed E-state index contributed by atoms with van der Waals surface area (Å²) in [6.07, 6.45) is 2.38. The number of hydrogen-bond donors (Lipinski definition) is 1. The Balaban J connectivity index is 2.18. The van der Waals surface area contributed by atoms with Gasteiger partial charge in [0.1, 0.15) is 12.2 Å². The monoisotopic (exact) mass is 387 g/mol. The molecule has 1 unspecified atom stereocenters. The molecule has 2 aromatic rings. The maximum Gasteiger partial charge on any atom is 0.138 e. The second-order valence-corrected chi connectivity index (χ2v) is 6.06. The van der Waals surface area contributed by atoms with Crippen molar-refractivity contribution in [2.45, 2.75) is 32.4 Å². The fourth-order valence-corrected chi connectivity index (χ4v) is 2.79. The summed E-state index contributed by atoms with van der Waals surface area (Å²) in [6, 6.07) is 5.76. The van der Waals surface area contributed by atoms with Crippen molar-refractivity contribution in [2.75, 3.05) is 0 Å². The predicted molar refractivity (Wildman–Crippen MR) is 80.8 cm³/mol. The van der Waals surface area contributed by atoms with Crippen LogP contribution in [0.2, 0.25) is 0 Å². The van der Waals surface area contributed by atoms with Crippen molar-refractivity contribution in [3.8, 4) is 0 Å². The lowest BCUT2D eigenvalue weighted by atomic mass is 10.1. The Morgan fingerprint density at radius 2 is 2.16 bits per heavy atom. The highest BCUT2D eigenvalue weighted by Crippen LogP contribution is 2.28. The molecule has 102 valence electrons. The summed E-state index contributed by atoms with van der Waals surface area (Å²) in [5.74, 6) is 0.807. The van der Waals surface area contributed by atoms with E-state index in [1.165, 1.54) is 6.33 Å². The minimum Gasteiger partial charge on any atom is -0.388 e. The van der Waals surface area contributed by atoms with Crippen molar-refractivity contribution in [3.05, 3.63) is 44.9 Å². The van der Waals surface area contributed by atoms with Crippen LogP contribution in [0.3, 0.4) is 0 Å². The van der Waals surface area contributed by atoms with E-state index in [1.54, 1.807) is 0 Å². The summed E-state index contributed by atoms with van der Waals surface area (Å²) < 4.78 is 3.68. The zero-order valence-corrected chi connectivity index (χ0v) is 13.7. The molecule has 0 amide bonds. The van der Waals surface area contributed by atoms with Crippen LogP contribution in [0.4, 0.5) is 0 Å². The molecule has 0 radical (unpaired) electrons. The second kappa shape index (κ2) is 6.63. The number of rotatable bonds is 5. The van der Waals surface area contributed by atoms with Gasteiger partial charge in [-0.2, -0.15) is 5.10 Å².